The van der Waals surface area contributed by atoms with E-state index in [-0.39, 0.29) is 19.1 Å². The Labute approximate surface area is 237 Å². The molecule has 0 bridgehead atoms. The predicted molar refractivity (Wildman–Crippen MR) is 150 cm³/mol. The lowest BCUT2D eigenvalue weighted by atomic mass is 10.1. The van der Waals surface area contributed by atoms with Gasteiger partial charge in [-0.15, -0.1) is 0 Å². The maximum atomic E-state index is 14.8. The fourth-order valence-electron chi connectivity index (χ4n) is 3.90. The van der Waals surface area contributed by atoms with Gasteiger partial charge in [-0.25, -0.2) is 34.1 Å². The number of carbonyl (C=O) groups is 1. The van der Waals surface area contributed by atoms with Crippen molar-refractivity contribution in [2.24, 2.45) is 0 Å². The van der Waals surface area contributed by atoms with E-state index < -0.39 is 18.0 Å². The molecule has 14 heteroatoms. The van der Waals surface area contributed by atoms with Crippen LogP contribution < -0.4 is 14.8 Å². The second kappa shape index (κ2) is 12.3. The molecule has 1 amide bonds. The zero-order chi connectivity index (χ0) is 28.9. The van der Waals surface area contributed by atoms with Crippen LogP contribution in [0.2, 0.25) is 0 Å². The van der Waals surface area contributed by atoms with Gasteiger partial charge in [0.15, 0.2) is 5.82 Å². The maximum Gasteiger partial charge on any atom is 0.412 e. The Morgan fingerprint density at radius 3 is 2.66 bits per heavy atom. The highest BCUT2D eigenvalue weighted by atomic mass is 32.1. The van der Waals surface area contributed by atoms with Gasteiger partial charge in [-0.2, -0.15) is 4.98 Å². The first-order valence-corrected chi connectivity index (χ1v) is 13.5. The van der Waals surface area contributed by atoms with Crippen LogP contribution in [0, 0.1) is 12.7 Å². The van der Waals surface area contributed by atoms with Crippen molar-refractivity contribution in [1.82, 2.24) is 29.9 Å². The number of methoxy groups -OCH3 is 1. The number of carbonyl (C=O) groups excluding carboxylic acids is 1. The number of nitrogens with zero attached hydrogens (tertiary/aromatic N) is 6. The normalized spacial score (nSPS) is 11.9. The number of aryl methyl sites for hydroxylation is 2. The molecule has 0 aliphatic carbocycles. The molecule has 4 aromatic heterocycles. The number of rotatable bonds is 10. The monoisotopic (exact) mass is 579 g/mol. The number of benzene rings is 1. The van der Waals surface area contributed by atoms with E-state index in [4.69, 9.17) is 19.3 Å². The van der Waals surface area contributed by atoms with Gasteiger partial charge < -0.3 is 19.3 Å². The van der Waals surface area contributed by atoms with Gasteiger partial charge >= 0.3 is 6.09 Å². The minimum absolute atomic E-state index is 0.0466. The Balaban J connectivity index is 1.25. The van der Waals surface area contributed by atoms with Crippen LogP contribution in [0.25, 0.3) is 32.0 Å². The second-order valence-corrected chi connectivity index (χ2v) is 10.1. The molecule has 0 unspecified atom stereocenters. The summed E-state index contributed by atoms with van der Waals surface area (Å²) in [5, 5.41) is 12.0. The number of hydrogen-bond acceptors (Lipinski definition) is 12. The zero-order valence-electron chi connectivity index (χ0n) is 22.4. The quantitative estimate of drug-likeness (QED) is 0.240. The van der Waals surface area contributed by atoms with Crippen LogP contribution >= 0.6 is 11.3 Å². The van der Waals surface area contributed by atoms with Crippen LogP contribution in [0.4, 0.5) is 14.9 Å². The Bertz CT molecular complexity index is 1700. The standard InChI is InChI=1S/C27H26FN7O5S/c1-14-7-17(23-19(8-14)33-22(38-3)12-31-23)25-34-20-9-18(28)24(35-26(20)41-25)39-13-15(2)40-27(37)32-16-10-29-21(30-11-16)5-4-6-36/h7-12,15,36H,4-6,13H2,1-3H3,(H,32,37)/t15-/m1/s1. The number of pyridine rings is 1. The van der Waals surface area contributed by atoms with Crippen LogP contribution in [0.15, 0.2) is 36.8 Å². The zero-order valence-corrected chi connectivity index (χ0v) is 23.2. The minimum Gasteiger partial charge on any atom is -0.480 e. The molecule has 0 spiro atoms. The molecule has 2 N–H and O–H groups in total. The first-order chi connectivity index (χ1) is 19.8. The van der Waals surface area contributed by atoms with Crippen molar-refractivity contribution in [1.29, 1.82) is 0 Å². The number of anilines is 1. The number of aromatic nitrogens is 6. The average molecular weight is 580 g/mol. The average Bonchev–Trinajstić information content (AvgIpc) is 3.37. The SMILES string of the molecule is COc1cnc2c(-c3nc4cc(F)c(OC[C@@H](C)OC(=O)Nc5cnc(CCCO)nc5)nc4s3)cc(C)cc2n1. The fourth-order valence-corrected chi connectivity index (χ4v) is 4.83. The molecule has 1 aromatic carbocycles. The van der Waals surface area contributed by atoms with Crippen molar-refractivity contribution in [2.45, 2.75) is 32.8 Å². The van der Waals surface area contributed by atoms with E-state index in [0.29, 0.717) is 56.6 Å². The van der Waals surface area contributed by atoms with Gasteiger partial charge in [0.25, 0.3) is 5.88 Å². The molecule has 0 fully saturated rings. The van der Waals surface area contributed by atoms with Crippen molar-refractivity contribution in [2.75, 3.05) is 25.6 Å². The minimum atomic E-state index is -0.741. The third-order valence-corrected chi connectivity index (χ3v) is 6.79. The van der Waals surface area contributed by atoms with E-state index >= 15 is 0 Å². The molecule has 5 aromatic rings. The first kappa shape index (κ1) is 28.0. The van der Waals surface area contributed by atoms with Gasteiger partial charge in [0.05, 0.1) is 42.4 Å². The molecule has 4 heterocycles. The summed E-state index contributed by atoms with van der Waals surface area (Å²) < 4.78 is 30.9. The van der Waals surface area contributed by atoms with Crippen LogP contribution in [-0.2, 0) is 11.2 Å². The lowest BCUT2D eigenvalue weighted by molar-refractivity contribution is 0.0827. The summed E-state index contributed by atoms with van der Waals surface area (Å²) in [5.41, 5.74) is 3.72. The first-order valence-electron chi connectivity index (χ1n) is 12.6. The molecule has 0 radical (unpaired) electrons. The molecule has 5 rings (SSSR count). The summed E-state index contributed by atoms with van der Waals surface area (Å²) in [7, 11) is 1.53. The van der Waals surface area contributed by atoms with E-state index in [9.17, 15) is 9.18 Å². The second-order valence-electron chi connectivity index (χ2n) is 9.08. The number of hydrogen-bond donors (Lipinski definition) is 2. The molecular formula is C27H26FN7O5S. The lowest BCUT2D eigenvalue weighted by Gasteiger charge is -2.14. The summed E-state index contributed by atoms with van der Waals surface area (Å²) in [6, 6.07) is 5.10. The Kier molecular flexibility index (Phi) is 8.40. The smallest absolute Gasteiger partial charge is 0.412 e. The van der Waals surface area contributed by atoms with Crippen LogP contribution in [0.3, 0.4) is 0 Å². The summed E-state index contributed by atoms with van der Waals surface area (Å²) >= 11 is 1.27. The van der Waals surface area contributed by atoms with Crippen molar-refractivity contribution < 1.29 is 28.5 Å². The number of aliphatic hydroxyl groups excluding tert-OH is 1. The summed E-state index contributed by atoms with van der Waals surface area (Å²) in [6.07, 6.45) is 4.05. The highest BCUT2D eigenvalue weighted by Crippen LogP contribution is 2.35. The predicted octanol–water partition coefficient (Wildman–Crippen LogP) is 4.49. The third kappa shape index (κ3) is 6.61. The van der Waals surface area contributed by atoms with Crippen LogP contribution in [0.5, 0.6) is 11.8 Å². The summed E-state index contributed by atoms with van der Waals surface area (Å²) in [6.45, 7) is 3.46. The van der Waals surface area contributed by atoms with Gasteiger partial charge in [-0.3, -0.25) is 5.32 Å². The summed E-state index contributed by atoms with van der Waals surface area (Å²) in [5.74, 6) is 0.0375. The number of thiazole rings is 1. The summed E-state index contributed by atoms with van der Waals surface area (Å²) in [4.78, 5) is 38.8. The number of aliphatic hydroxyl groups is 1. The van der Waals surface area contributed by atoms with Crippen molar-refractivity contribution in [3.8, 4) is 22.3 Å². The van der Waals surface area contributed by atoms with Crippen molar-refractivity contribution in [3.63, 3.8) is 0 Å². The molecule has 41 heavy (non-hydrogen) atoms. The molecule has 1 atom stereocenters. The van der Waals surface area contributed by atoms with E-state index in [1.54, 1.807) is 6.92 Å². The molecule has 212 valence electrons. The van der Waals surface area contributed by atoms with Gasteiger partial charge in [0.2, 0.25) is 5.88 Å². The van der Waals surface area contributed by atoms with Crippen LogP contribution in [0.1, 0.15) is 24.7 Å². The molecule has 12 nitrogen and oxygen atoms in total. The van der Waals surface area contributed by atoms with Crippen LogP contribution in [-0.4, -0.2) is 67.5 Å². The molecule has 0 aliphatic rings. The number of halogens is 1. The van der Waals surface area contributed by atoms with Crippen molar-refractivity contribution in [3.05, 3.63) is 54.0 Å². The number of ether oxygens (including phenoxy) is 3. The van der Waals surface area contributed by atoms with Crippen molar-refractivity contribution >= 4 is 44.5 Å². The van der Waals surface area contributed by atoms with E-state index in [1.807, 2.05) is 19.1 Å². The highest BCUT2D eigenvalue weighted by molar-refractivity contribution is 7.21. The number of fused-ring (bicyclic) bond motifs is 2. The van der Waals surface area contributed by atoms with E-state index in [1.165, 1.54) is 43.1 Å². The third-order valence-electron chi connectivity index (χ3n) is 5.79. The molecule has 0 saturated heterocycles. The molecule has 0 aliphatic heterocycles. The van der Waals surface area contributed by atoms with Gasteiger partial charge in [0, 0.05) is 24.7 Å². The van der Waals surface area contributed by atoms with Gasteiger partial charge in [0.1, 0.15) is 33.9 Å². The maximum absolute atomic E-state index is 14.8. The highest BCUT2D eigenvalue weighted by Gasteiger charge is 2.18. The van der Waals surface area contributed by atoms with Gasteiger partial charge in [-0.1, -0.05) is 11.3 Å². The van der Waals surface area contributed by atoms with E-state index in [0.717, 1.165) is 11.1 Å². The van der Waals surface area contributed by atoms with E-state index in [2.05, 4.69) is 35.2 Å². The Morgan fingerprint density at radius 1 is 1.10 bits per heavy atom. The largest absolute Gasteiger partial charge is 0.480 e. The lowest BCUT2D eigenvalue weighted by Crippen LogP contribution is -2.25. The van der Waals surface area contributed by atoms with Gasteiger partial charge in [-0.05, 0) is 38.0 Å². The fraction of sp³-hybridized carbons (Fsp3) is 0.296. The molecular weight excluding hydrogens is 553 g/mol. The Morgan fingerprint density at radius 2 is 1.90 bits per heavy atom. The topological polar surface area (TPSA) is 154 Å². The molecule has 0 saturated carbocycles. The Hall–Kier alpha value is -4.56. The number of amides is 1. The number of nitrogens with one attached hydrogen (secondary N) is 1.